The molecular weight excluding hydrogens is 637 g/mol. The summed E-state index contributed by atoms with van der Waals surface area (Å²) in [6, 6.07) is 0. The van der Waals surface area contributed by atoms with Gasteiger partial charge in [0.05, 0.1) is 17.8 Å². The van der Waals surface area contributed by atoms with Crippen molar-refractivity contribution < 1.29 is 18.3 Å². The van der Waals surface area contributed by atoms with Gasteiger partial charge in [-0.3, -0.25) is 0 Å². The van der Waals surface area contributed by atoms with Crippen molar-refractivity contribution in [2.24, 2.45) is 29.1 Å². The van der Waals surface area contributed by atoms with Gasteiger partial charge in [0, 0.05) is 19.4 Å². The summed E-state index contributed by atoms with van der Waals surface area (Å²) in [5, 5.41) is 0.326. The maximum absolute atomic E-state index is 7.12. The van der Waals surface area contributed by atoms with Crippen molar-refractivity contribution in [3.8, 4) is 0 Å². The fourth-order valence-electron chi connectivity index (χ4n) is 8.99. The zero-order chi connectivity index (χ0) is 36.8. The highest BCUT2D eigenvalue weighted by molar-refractivity contribution is 6.74. The van der Waals surface area contributed by atoms with E-state index in [4.69, 9.17) is 24.9 Å². The summed E-state index contributed by atoms with van der Waals surface area (Å²) in [7, 11) is -2.17. The Labute approximate surface area is 305 Å². The van der Waals surface area contributed by atoms with E-state index in [1.54, 1.807) is 12.7 Å². The molecule has 4 rings (SSSR count). The van der Waals surface area contributed by atoms with Crippen LogP contribution in [0.15, 0.2) is 47.6 Å². The summed E-state index contributed by atoms with van der Waals surface area (Å²) in [4.78, 5) is 0. The number of fused-ring (bicyclic) bond motifs is 1. The number of ether oxygens (including phenoxy) is 2. The van der Waals surface area contributed by atoms with Crippen molar-refractivity contribution in [3.05, 3.63) is 47.6 Å². The first-order chi connectivity index (χ1) is 22.4. The van der Waals surface area contributed by atoms with Crippen LogP contribution in [0.1, 0.15) is 127 Å². The molecular formula is C43H76O4Si2. The number of hydrogen-bond acceptors (Lipinski definition) is 4. The highest BCUT2D eigenvalue weighted by atomic mass is 28.4. The van der Waals surface area contributed by atoms with E-state index in [1.807, 2.05) is 0 Å². The van der Waals surface area contributed by atoms with Crippen LogP contribution >= 0.6 is 0 Å². The van der Waals surface area contributed by atoms with Gasteiger partial charge in [0.25, 0.3) is 0 Å². The second-order valence-corrected chi connectivity index (χ2v) is 29.7. The fraction of sp³-hybridized carbons (Fsp3) is 0.814. The second-order valence-electron chi connectivity index (χ2n) is 20.2. The maximum atomic E-state index is 7.12. The first-order valence-electron chi connectivity index (χ1n) is 19.8. The molecule has 280 valence electrons. The minimum atomic E-state index is -1.99. The molecule has 3 saturated carbocycles. The highest BCUT2D eigenvalue weighted by Gasteiger charge is 2.51. The summed E-state index contributed by atoms with van der Waals surface area (Å²) < 4.78 is 26.0. The minimum absolute atomic E-state index is 0.0223. The predicted molar refractivity (Wildman–Crippen MR) is 214 cm³/mol. The first-order valence-corrected chi connectivity index (χ1v) is 25.6. The Balaban J connectivity index is 1.55. The van der Waals surface area contributed by atoms with Gasteiger partial charge in [-0.15, -0.1) is 0 Å². The molecule has 4 fully saturated rings. The van der Waals surface area contributed by atoms with Crippen LogP contribution < -0.4 is 0 Å². The lowest BCUT2D eigenvalue weighted by Crippen LogP contribution is -2.49. The van der Waals surface area contributed by atoms with Crippen LogP contribution in [0.5, 0.6) is 0 Å². The number of rotatable bonds is 9. The van der Waals surface area contributed by atoms with E-state index in [1.165, 1.54) is 43.3 Å². The van der Waals surface area contributed by atoms with E-state index in [2.05, 4.69) is 120 Å². The zero-order valence-corrected chi connectivity index (χ0v) is 36.6. The Bertz CT molecular complexity index is 1260. The van der Waals surface area contributed by atoms with Crippen molar-refractivity contribution in [1.29, 1.82) is 0 Å². The summed E-state index contributed by atoms with van der Waals surface area (Å²) in [5.74, 6) is 2.35. The molecule has 8 atom stereocenters. The fourth-order valence-corrected chi connectivity index (χ4v) is 11.7. The lowest BCUT2D eigenvalue weighted by Gasteiger charge is -2.46. The first kappa shape index (κ1) is 41.0. The Hall–Kier alpha value is -0.766. The summed E-state index contributed by atoms with van der Waals surface area (Å²) in [6.07, 6.45) is 20.5. The molecule has 3 aliphatic carbocycles. The Kier molecular flexibility index (Phi) is 12.5. The smallest absolute Gasteiger partial charge is 0.192 e. The SMILES string of the molecule is C=C1/C(=C\C=C2/CCC[C@]3(C)[C@@H]([C@H](C)/C=C/[C@@H]4CCC(OC)OC4(C)C)CC[C@@H]23)C[C@@H](O[Si](C)(C)C(C)(C)C)C[C@@H]1O[Si](C)(C)C(C)(C)C. The van der Waals surface area contributed by atoms with Crippen LogP contribution in [0.25, 0.3) is 0 Å². The molecule has 1 heterocycles. The second kappa shape index (κ2) is 14.9. The van der Waals surface area contributed by atoms with E-state index in [9.17, 15) is 0 Å². The molecule has 4 aliphatic rings. The van der Waals surface area contributed by atoms with E-state index in [0.717, 1.165) is 25.7 Å². The average Bonchev–Trinajstić information content (AvgIpc) is 3.32. The average molecular weight is 713 g/mol. The molecule has 0 N–H and O–H groups in total. The zero-order valence-electron chi connectivity index (χ0n) is 34.6. The van der Waals surface area contributed by atoms with Crippen LogP contribution in [0, 0.1) is 29.1 Å². The van der Waals surface area contributed by atoms with E-state index < -0.39 is 16.6 Å². The molecule has 49 heavy (non-hydrogen) atoms. The molecule has 1 aliphatic heterocycles. The standard InChI is InChI=1S/C43H76O4Si2/c1-30(19-22-34-23-26-39(44-12)45-42(34,9)10)36-24-25-37-32(18-17-27-43(36,37)11)20-21-33-28-35(46-48(13,14)40(3,4)5)29-38(31(33)2)47-49(15,16)41(6,7)8/h19-22,30,34-39H,2,17-18,23-29H2,1,3-16H3/b22-19+,32-20+,33-21-/t30-,34-,35-,36-,37+,38+,39?,43-/m1/s1. The molecule has 1 saturated heterocycles. The molecule has 0 aromatic rings. The van der Waals surface area contributed by atoms with Crippen LogP contribution in [-0.4, -0.2) is 47.8 Å². The molecule has 0 bridgehead atoms. The lowest BCUT2D eigenvalue weighted by molar-refractivity contribution is -0.227. The molecule has 0 aromatic heterocycles. The summed E-state index contributed by atoms with van der Waals surface area (Å²) in [5.41, 5.74) is 4.34. The third-order valence-electron chi connectivity index (χ3n) is 14.4. The summed E-state index contributed by atoms with van der Waals surface area (Å²) in [6.45, 7) is 37.8. The van der Waals surface area contributed by atoms with Crippen molar-refractivity contribution in [1.82, 2.24) is 0 Å². The van der Waals surface area contributed by atoms with Gasteiger partial charge in [-0.2, -0.15) is 0 Å². The molecule has 0 spiro atoms. The van der Waals surface area contributed by atoms with Gasteiger partial charge in [0.15, 0.2) is 22.9 Å². The number of methoxy groups -OCH3 is 1. The highest BCUT2D eigenvalue weighted by Crippen LogP contribution is 2.60. The van der Waals surface area contributed by atoms with E-state index in [-0.39, 0.29) is 34.2 Å². The van der Waals surface area contributed by atoms with Gasteiger partial charge in [0.1, 0.15) is 0 Å². The minimum Gasteiger partial charge on any atom is -0.413 e. The Morgan fingerprint density at radius 3 is 2.12 bits per heavy atom. The van der Waals surface area contributed by atoms with Crippen molar-refractivity contribution in [2.75, 3.05) is 7.11 Å². The van der Waals surface area contributed by atoms with Gasteiger partial charge in [-0.25, -0.2) is 0 Å². The Morgan fingerprint density at radius 1 is 0.898 bits per heavy atom. The third kappa shape index (κ3) is 9.07. The third-order valence-corrected chi connectivity index (χ3v) is 23.4. The molecule has 4 nitrogen and oxygen atoms in total. The number of hydrogen-bond donors (Lipinski definition) is 0. The molecule has 1 unspecified atom stereocenters. The monoisotopic (exact) mass is 713 g/mol. The molecule has 0 radical (unpaired) electrons. The Morgan fingerprint density at radius 2 is 1.53 bits per heavy atom. The van der Waals surface area contributed by atoms with Gasteiger partial charge < -0.3 is 18.3 Å². The summed E-state index contributed by atoms with van der Waals surface area (Å²) >= 11 is 0. The van der Waals surface area contributed by atoms with Crippen LogP contribution in [-0.2, 0) is 18.3 Å². The quantitative estimate of drug-likeness (QED) is 0.176. The lowest BCUT2D eigenvalue weighted by atomic mass is 9.61. The number of allylic oxidation sites excluding steroid dienone is 4. The van der Waals surface area contributed by atoms with Crippen molar-refractivity contribution in [2.45, 2.75) is 187 Å². The topological polar surface area (TPSA) is 36.9 Å². The van der Waals surface area contributed by atoms with E-state index in [0.29, 0.717) is 29.1 Å². The maximum Gasteiger partial charge on any atom is 0.192 e. The van der Waals surface area contributed by atoms with Crippen LogP contribution in [0.2, 0.25) is 36.3 Å². The molecule has 0 amide bonds. The van der Waals surface area contributed by atoms with Crippen LogP contribution in [0.4, 0.5) is 0 Å². The molecule has 6 heteroatoms. The normalized spacial score (nSPS) is 35.7. The predicted octanol–water partition coefficient (Wildman–Crippen LogP) is 12.6. The van der Waals surface area contributed by atoms with Gasteiger partial charge >= 0.3 is 0 Å². The van der Waals surface area contributed by atoms with Crippen molar-refractivity contribution in [3.63, 3.8) is 0 Å². The van der Waals surface area contributed by atoms with Gasteiger partial charge in [0.2, 0.25) is 0 Å². The van der Waals surface area contributed by atoms with E-state index >= 15 is 0 Å². The molecule has 0 aromatic carbocycles. The van der Waals surface area contributed by atoms with Crippen molar-refractivity contribution >= 4 is 16.6 Å². The van der Waals surface area contributed by atoms with Crippen LogP contribution in [0.3, 0.4) is 0 Å². The van der Waals surface area contributed by atoms with Gasteiger partial charge in [-0.1, -0.05) is 91.8 Å². The largest absolute Gasteiger partial charge is 0.413 e. The van der Waals surface area contributed by atoms with Gasteiger partial charge in [-0.05, 0) is 136 Å².